The highest BCUT2D eigenvalue weighted by Gasteiger charge is 2.29. The summed E-state index contributed by atoms with van der Waals surface area (Å²) in [6.07, 6.45) is 3.93. The second-order valence-electron chi connectivity index (χ2n) is 7.80. The molecular weight excluding hydrogens is 389 g/mol. The molecule has 7 nitrogen and oxygen atoms in total. The number of likely N-dealkylation sites (tertiary alicyclic amines) is 1. The molecule has 2 fully saturated rings. The van der Waals surface area contributed by atoms with Crippen LogP contribution in [-0.4, -0.2) is 65.1 Å². The van der Waals surface area contributed by atoms with E-state index in [1.54, 1.807) is 0 Å². The van der Waals surface area contributed by atoms with E-state index in [9.17, 15) is 4.79 Å². The predicted octanol–water partition coefficient (Wildman–Crippen LogP) is 2.46. The number of hydrogen-bond donors (Lipinski definition) is 1. The number of nitrogens with one attached hydrogen (secondary N) is 1. The van der Waals surface area contributed by atoms with Crippen molar-refractivity contribution in [2.24, 2.45) is 5.92 Å². The Balaban J connectivity index is 0.00000182. The minimum absolute atomic E-state index is 0. The zero-order valence-electron chi connectivity index (χ0n) is 16.5. The predicted molar refractivity (Wildman–Crippen MR) is 110 cm³/mol. The van der Waals surface area contributed by atoms with Crippen LogP contribution in [0.15, 0.2) is 4.52 Å². The van der Waals surface area contributed by atoms with Crippen molar-refractivity contribution in [3.8, 4) is 0 Å². The molecule has 3 rings (SSSR count). The van der Waals surface area contributed by atoms with E-state index >= 15 is 0 Å². The first-order chi connectivity index (χ1) is 12.0. The maximum Gasteiger partial charge on any atom is 0.229 e. The van der Waals surface area contributed by atoms with E-state index in [4.69, 9.17) is 4.52 Å². The summed E-state index contributed by atoms with van der Waals surface area (Å²) in [6.45, 7) is 8.60. The highest BCUT2D eigenvalue weighted by molar-refractivity contribution is 5.85. The fourth-order valence-electron chi connectivity index (χ4n) is 3.69. The Morgan fingerprint density at radius 2 is 2.15 bits per heavy atom. The molecule has 0 spiro atoms. The fourth-order valence-corrected chi connectivity index (χ4v) is 3.69. The molecule has 2 saturated heterocycles. The van der Waals surface area contributed by atoms with Gasteiger partial charge in [0.05, 0.1) is 6.54 Å². The van der Waals surface area contributed by atoms with Crippen LogP contribution in [0.5, 0.6) is 0 Å². The number of halogens is 2. The van der Waals surface area contributed by atoms with Crippen LogP contribution in [0.1, 0.15) is 57.2 Å². The van der Waals surface area contributed by atoms with Gasteiger partial charge >= 0.3 is 0 Å². The monoisotopic (exact) mass is 421 g/mol. The molecule has 0 aliphatic carbocycles. The lowest BCUT2D eigenvalue weighted by atomic mass is 10.0. The summed E-state index contributed by atoms with van der Waals surface area (Å²) in [5, 5.41) is 7.43. The van der Waals surface area contributed by atoms with Crippen molar-refractivity contribution in [2.75, 3.05) is 33.2 Å². The van der Waals surface area contributed by atoms with Gasteiger partial charge in [-0.15, -0.1) is 24.8 Å². The number of nitrogens with zero attached hydrogens (tertiary/aromatic N) is 4. The summed E-state index contributed by atoms with van der Waals surface area (Å²) < 4.78 is 5.27. The number of rotatable bonds is 7. The molecule has 0 radical (unpaired) electrons. The third-order valence-corrected chi connectivity index (χ3v) is 5.44. The van der Waals surface area contributed by atoms with Crippen LogP contribution in [0.3, 0.4) is 0 Å². The average Bonchev–Trinajstić information content (AvgIpc) is 3.32. The quantitative estimate of drug-likeness (QED) is 0.728. The summed E-state index contributed by atoms with van der Waals surface area (Å²) in [7, 11) is 2.08. The molecule has 2 aliphatic heterocycles. The van der Waals surface area contributed by atoms with Crippen molar-refractivity contribution in [3.63, 3.8) is 0 Å². The Morgan fingerprint density at radius 3 is 2.78 bits per heavy atom. The van der Waals surface area contributed by atoms with Crippen molar-refractivity contribution in [2.45, 2.75) is 58.0 Å². The number of amides is 1. The van der Waals surface area contributed by atoms with E-state index in [0.717, 1.165) is 44.8 Å². The summed E-state index contributed by atoms with van der Waals surface area (Å²) in [6, 6.07) is 0.373. The molecule has 0 aromatic carbocycles. The Kier molecular flexibility index (Phi) is 10.0. The normalized spacial score (nSPS) is 22.2. The van der Waals surface area contributed by atoms with Crippen LogP contribution in [0.4, 0.5) is 0 Å². The molecule has 1 amide bonds. The molecule has 156 valence electrons. The maximum atomic E-state index is 12.5. The molecular formula is C18H33Cl2N5O2. The number of carbonyl (C=O) groups is 1. The van der Waals surface area contributed by atoms with Gasteiger partial charge in [0.25, 0.3) is 0 Å². The highest BCUT2D eigenvalue weighted by Crippen LogP contribution is 2.20. The van der Waals surface area contributed by atoms with Crippen LogP contribution in [0.25, 0.3) is 0 Å². The summed E-state index contributed by atoms with van der Waals surface area (Å²) in [5.41, 5.74) is 0. The van der Waals surface area contributed by atoms with E-state index in [0.29, 0.717) is 36.7 Å². The minimum Gasteiger partial charge on any atom is -0.341 e. The third-order valence-electron chi connectivity index (χ3n) is 5.44. The first kappa shape index (κ1) is 24.1. The second kappa shape index (κ2) is 11.2. The smallest absolute Gasteiger partial charge is 0.229 e. The number of hydrogen-bond acceptors (Lipinski definition) is 6. The number of likely N-dealkylation sites (N-methyl/N-ethyl adjacent to an activating group) is 1. The van der Waals surface area contributed by atoms with Crippen LogP contribution in [-0.2, 0) is 11.3 Å². The lowest BCUT2D eigenvalue weighted by Gasteiger charge is -2.23. The van der Waals surface area contributed by atoms with Gasteiger partial charge in [0.2, 0.25) is 11.8 Å². The van der Waals surface area contributed by atoms with Crippen LogP contribution < -0.4 is 5.32 Å². The van der Waals surface area contributed by atoms with Crippen LogP contribution in [0.2, 0.25) is 0 Å². The molecule has 2 atom stereocenters. The first-order valence-electron chi connectivity index (χ1n) is 9.54. The van der Waals surface area contributed by atoms with Crippen molar-refractivity contribution >= 4 is 30.7 Å². The van der Waals surface area contributed by atoms with Gasteiger partial charge in [-0.2, -0.15) is 4.98 Å². The Morgan fingerprint density at radius 1 is 1.37 bits per heavy atom. The molecule has 0 saturated carbocycles. The van der Waals surface area contributed by atoms with Gasteiger partial charge in [-0.3, -0.25) is 9.69 Å². The molecule has 0 bridgehead atoms. The highest BCUT2D eigenvalue weighted by atomic mass is 35.5. The average molecular weight is 422 g/mol. The molecule has 1 N–H and O–H groups in total. The standard InChI is InChI=1S/C18H31N5O2.2ClH/c1-13(2)18-20-16(21-25-18)12-22(3)15-7-9-23(11-15)17(24)5-4-14-6-8-19-10-14;;/h13-15,19H,4-12H2,1-3H3;2*1H. The Hall–Kier alpha value is -0.890. The second-order valence-corrected chi connectivity index (χ2v) is 7.80. The lowest BCUT2D eigenvalue weighted by molar-refractivity contribution is -0.130. The van der Waals surface area contributed by atoms with E-state index in [2.05, 4.69) is 27.4 Å². The zero-order chi connectivity index (χ0) is 17.8. The van der Waals surface area contributed by atoms with Crippen LogP contribution >= 0.6 is 24.8 Å². The molecule has 2 unspecified atom stereocenters. The largest absolute Gasteiger partial charge is 0.341 e. The van der Waals surface area contributed by atoms with Gasteiger partial charge in [-0.25, -0.2) is 0 Å². The zero-order valence-corrected chi connectivity index (χ0v) is 18.2. The molecule has 1 aromatic heterocycles. The van der Waals surface area contributed by atoms with Gasteiger partial charge in [0.15, 0.2) is 5.82 Å². The van der Waals surface area contributed by atoms with Crippen molar-refractivity contribution < 1.29 is 9.32 Å². The fraction of sp³-hybridized carbons (Fsp3) is 0.833. The molecule has 27 heavy (non-hydrogen) atoms. The molecule has 1 aromatic rings. The van der Waals surface area contributed by atoms with E-state index in [1.807, 2.05) is 18.7 Å². The maximum absolute atomic E-state index is 12.5. The topological polar surface area (TPSA) is 74.5 Å². The van der Waals surface area contributed by atoms with E-state index in [1.165, 1.54) is 6.42 Å². The molecule has 3 heterocycles. The number of carbonyl (C=O) groups excluding carboxylic acids is 1. The lowest BCUT2D eigenvalue weighted by Crippen LogP contribution is -2.36. The summed E-state index contributed by atoms with van der Waals surface area (Å²) in [4.78, 5) is 21.2. The van der Waals surface area contributed by atoms with Crippen molar-refractivity contribution in [1.82, 2.24) is 25.3 Å². The summed E-state index contributed by atoms with van der Waals surface area (Å²) in [5.74, 6) is 2.65. The first-order valence-corrected chi connectivity index (χ1v) is 9.54. The molecule has 2 aliphatic rings. The van der Waals surface area contributed by atoms with E-state index < -0.39 is 0 Å². The van der Waals surface area contributed by atoms with Gasteiger partial charge in [0.1, 0.15) is 0 Å². The number of aromatic nitrogens is 2. The Labute approximate surface area is 174 Å². The summed E-state index contributed by atoms with van der Waals surface area (Å²) >= 11 is 0. The molecule has 9 heteroatoms. The van der Waals surface area contributed by atoms with Crippen LogP contribution in [0, 0.1) is 5.92 Å². The van der Waals surface area contributed by atoms with Gasteiger partial charge in [-0.05, 0) is 45.3 Å². The Bertz CT molecular complexity index is 578. The SMILES string of the molecule is CC(C)c1nc(CN(C)C2CCN(C(=O)CCC3CCNC3)C2)no1.Cl.Cl. The van der Waals surface area contributed by atoms with Gasteiger partial charge in [-0.1, -0.05) is 19.0 Å². The van der Waals surface area contributed by atoms with Crippen molar-refractivity contribution in [3.05, 3.63) is 11.7 Å². The van der Waals surface area contributed by atoms with Gasteiger partial charge in [0, 0.05) is 31.5 Å². The minimum atomic E-state index is 0. The van der Waals surface area contributed by atoms with Crippen molar-refractivity contribution in [1.29, 1.82) is 0 Å². The third kappa shape index (κ3) is 6.59. The van der Waals surface area contributed by atoms with E-state index in [-0.39, 0.29) is 30.7 Å². The van der Waals surface area contributed by atoms with Gasteiger partial charge < -0.3 is 14.7 Å².